The number of imide groups is 2. The second kappa shape index (κ2) is 11.5. The molecule has 0 aliphatic carbocycles. The number of carbonyl (C=O) groups excluding carboxylic acids is 5. The van der Waals surface area contributed by atoms with Gasteiger partial charge >= 0.3 is 6.03 Å². The second-order valence-corrected chi connectivity index (χ2v) is 9.98. The lowest BCUT2D eigenvalue weighted by Crippen LogP contribution is -2.46. The standard InChI is InChI=1S/C5H10N2O2.2C5H7NO5S/c1-6-3-9-4-7(2)5(6)8;2*1-12(9,10)11-6-4(7)2-3-5(6)8/h3-4H2,1-2H3;2*2-3H2,1H3. The molecular weight excluding hydrogens is 492 g/mol. The normalized spacial score (nSPS) is 19.5. The molecule has 0 N–H and O–H groups in total. The summed E-state index contributed by atoms with van der Waals surface area (Å²) in [6.07, 6.45) is 1.57. The lowest BCUT2D eigenvalue weighted by Gasteiger charge is -2.29. The molecule has 3 aliphatic heterocycles. The first-order chi connectivity index (χ1) is 15.0. The molecule has 18 heteroatoms. The van der Waals surface area contributed by atoms with Crippen LogP contribution in [0.2, 0.25) is 0 Å². The fourth-order valence-electron chi connectivity index (χ4n) is 2.27. The molecule has 0 saturated carbocycles. The summed E-state index contributed by atoms with van der Waals surface area (Å²) in [7, 11) is -4.17. The highest BCUT2D eigenvalue weighted by molar-refractivity contribution is 7.86. The molecule has 16 nitrogen and oxygen atoms in total. The molecule has 0 spiro atoms. The Morgan fingerprint density at radius 2 is 0.909 bits per heavy atom. The smallest absolute Gasteiger partial charge is 0.323 e. The summed E-state index contributed by atoms with van der Waals surface area (Å²) in [5, 5.41) is 0.574. The van der Waals surface area contributed by atoms with E-state index < -0.39 is 43.9 Å². The maximum Gasteiger partial charge on any atom is 0.323 e. The van der Waals surface area contributed by atoms with Crippen LogP contribution in [0.5, 0.6) is 0 Å². The summed E-state index contributed by atoms with van der Waals surface area (Å²) in [6, 6.07) is 0.0150. The minimum Gasteiger partial charge on any atom is -0.341 e. The molecule has 0 radical (unpaired) electrons. The van der Waals surface area contributed by atoms with Crippen molar-refractivity contribution in [1.82, 2.24) is 19.9 Å². The topological polar surface area (TPSA) is 194 Å². The van der Waals surface area contributed by atoms with Crippen molar-refractivity contribution in [2.24, 2.45) is 0 Å². The van der Waals surface area contributed by atoms with Crippen LogP contribution in [0.3, 0.4) is 0 Å². The third-order valence-electron chi connectivity index (χ3n) is 3.65. The van der Waals surface area contributed by atoms with Crippen LogP contribution in [0.1, 0.15) is 25.7 Å². The molecular formula is C15H24N4O12S2. The van der Waals surface area contributed by atoms with Crippen molar-refractivity contribution < 1.29 is 54.1 Å². The van der Waals surface area contributed by atoms with Gasteiger partial charge in [-0.1, -0.05) is 0 Å². The molecule has 3 fully saturated rings. The van der Waals surface area contributed by atoms with E-state index in [9.17, 15) is 40.8 Å². The van der Waals surface area contributed by atoms with Gasteiger partial charge in [0.15, 0.2) is 0 Å². The predicted molar refractivity (Wildman–Crippen MR) is 106 cm³/mol. The van der Waals surface area contributed by atoms with Crippen molar-refractivity contribution in [3.05, 3.63) is 0 Å². The third kappa shape index (κ3) is 9.78. The molecule has 3 aliphatic rings. The summed E-state index contributed by atoms with van der Waals surface area (Å²) in [6.45, 7) is 0.812. The molecule has 3 saturated heterocycles. The minimum absolute atomic E-state index is 0.00829. The van der Waals surface area contributed by atoms with E-state index in [2.05, 4.69) is 8.57 Å². The van der Waals surface area contributed by atoms with E-state index in [1.165, 1.54) is 9.80 Å². The molecule has 0 atom stereocenters. The number of urea groups is 1. The number of hydrogen-bond donors (Lipinski definition) is 0. The van der Waals surface area contributed by atoms with Crippen LogP contribution in [0.25, 0.3) is 0 Å². The summed E-state index contributed by atoms with van der Waals surface area (Å²) in [4.78, 5) is 57.0. The van der Waals surface area contributed by atoms with E-state index in [-0.39, 0.29) is 41.8 Å². The Kier molecular flexibility index (Phi) is 9.85. The fourth-order valence-corrected chi connectivity index (χ4v) is 3.14. The van der Waals surface area contributed by atoms with Crippen molar-refractivity contribution in [1.29, 1.82) is 0 Å². The molecule has 0 unspecified atom stereocenters. The van der Waals surface area contributed by atoms with Crippen LogP contribution in [-0.2, 0) is 52.7 Å². The molecule has 3 rings (SSSR count). The number of carbonyl (C=O) groups is 5. The Hall–Kier alpha value is -2.67. The van der Waals surface area contributed by atoms with Crippen LogP contribution in [0.4, 0.5) is 4.79 Å². The zero-order valence-electron chi connectivity index (χ0n) is 18.2. The van der Waals surface area contributed by atoms with Gasteiger partial charge in [-0.25, -0.2) is 4.79 Å². The molecule has 0 aromatic rings. The van der Waals surface area contributed by atoms with E-state index in [0.29, 0.717) is 13.5 Å². The Morgan fingerprint density at radius 3 is 1.12 bits per heavy atom. The number of hydrogen-bond acceptors (Lipinski definition) is 12. The molecule has 0 bridgehead atoms. The summed E-state index contributed by atoms with van der Waals surface area (Å²) in [5.41, 5.74) is 0. The first-order valence-electron chi connectivity index (χ1n) is 9.06. The molecule has 0 aromatic heterocycles. The van der Waals surface area contributed by atoms with Gasteiger partial charge in [-0.15, -0.1) is 18.7 Å². The van der Waals surface area contributed by atoms with Gasteiger partial charge < -0.3 is 14.5 Å². The maximum absolute atomic E-state index is 10.9. The molecule has 188 valence electrons. The van der Waals surface area contributed by atoms with Gasteiger partial charge in [-0.05, 0) is 0 Å². The van der Waals surface area contributed by atoms with Crippen LogP contribution < -0.4 is 0 Å². The van der Waals surface area contributed by atoms with Crippen molar-refractivity contribution >= 4 is 49.9 Å². The first kappa shape index (κ1) is 28.4. The van der Waals surface area contributed by atoms with E-state index in [1.807, 2.05) is 0 Å². The lowest BCUT2D eigenvalue weighted by atomic mass is 10.4. The van der Waals surface area contributed by atoms with Crippen LogP contribution in [-0.4, -0.2) is 106 Å². The van der Waals surface area contributed by atoms with E-state index in [0.717, 1.165) is 12.5 Å². The largest absolute Gasteiger partial charge is 0.341 e. The SMILES string of the molecule is CN1COCN(C)C1=O.CS(=O)(=O)ON1C(=O)CCC1=O.CS(=O)(=O)ON1C(=O)CCC1=O. The van der Waals surface area contributed by atoms with E-state index in [4.69, 9.17) is 4.74 Å². The highest BCUT2D eigenvalue weighted by Crippen LogP contribution is 2.14. The number of ether oxygens (including phenoxy) is 1. The Labute approximate surface area is 190 Å². The molecule has 3 heterocycles. The monoisotopic (exact) mass is 516 g/mol. The third-order valence-corrected chi connectivity index (χ3v) is 4.49. The van der Waals surface area contributed by atoms with E-state index in [1.54, 1.807) is 14.1 Å². The first-order valence-corrected chi connectivity index (χ1v) is 12.7. The number of hydroxylamine groups is 4. The van der Waals surface area contributed by atoms with Gasteiger partial charge in [-0.2, -0.15) is 16.8 Å². The molecule has 0 aromatic carbocycles. The van der Waals surface area contributed by atoms with Crippen LogP contribution in [0.15, 0.2) is 0 Å². The summed E-state index contributed by atoms with van der Waals surface area (Å²) in [5.74, 6) is -2.48. The molecule has 6 amide bonds. The van der Waals surface area contributed by atoms with Crippen molar-refractivity contribution in [3.8, 4) is 0 Å². The van der Waals surface area contributed by atoms with Crippen molar-refractivity contribution in [2.75, 3.05) is 40.1 Å². The van der Waals surface area contributed by atoms with Crippen LogP contribution >= 0.6 is 0 Å². The average molecular weight is 517 g/mol. The number of nitrogens with zero attached hydrogens (tertiary/aromatic N) is 4. The van der Waals surface area contributed by atoms with Gasteiger partial charge in [0.05, 0.1) is 12.5 Å². The fraction of sp³-hybridized carbons (Fsp3) is 0.667. The second-order valence-electron chi connectivity index (χ2n) is 6.86. The maximum atomic E-state index is 10.9. The summed E-state index contributed by atoms with van der Waals surface area (Å²) >= 11 is 0. The van der Waals surface area contributed by atoms with Gasteiger partial charge in [0, 0.05) is 39.8 Å². The zero-order valence-corrected chi connectivity index (χ0v) is 19.9. The van der Waals surface area contributed by atoms with E-state index >= 15 is 0 Å². The Bertz CT molecular complexity index is 900. The highest BCUT2D eigenvalue weighted by atomic mass is 32.2. The minimum atomic E-state index is -3.79. The Morgan fingerprint density at radius 1 is 0.636 bits per heavy atom. The van der Waals surface area contributed by atoms with Gasteiger partial charge in [0.25, 0.3) is 43.9 Å². The quantitative estimate of drug-likeness (QED) is 0.372. The van der Waals surface area contributed by atoms with Crippen LogP contribution in [0, 0.1) is 0 Å². The van der Waals surface area contributed by atoms with Gasteiger partial charge in [0.1, 0.15) is 13.5 Å². The van der Waals surface area contributed by atoms with Crippen molar-refractivity contribution in [2.45, 2.75) is 25.7 Å². The van der Waals surface area contributed by atoms with Gasteiger partial charge in [-0.3, -0.25) is 19.2 Å². The van der Waals surface area contributed by atoms with Gasteiger partial charge in [0.2, 0.25) is 0 Å². The lowest BCUT2D eigenvalue weighted by molar-refractivity contribution is -0.164. The highest BCUT2D eigenvalue weighted by Gasteiger charge is 2.33. The predicted octanol–water partition coefficient (Wildman–Crippen LogP) is -2.03. The molecule has 33 heavy (non-hydrogen) atoms. The number of rotatable bonds is 4. The average Bonchev–Trinajstić information content (AvgIpc) is 3.15. The zero-order chi connectivity index (χ0) is 25.6. The van der Waals surface area contributed by atoms with Crippen molar-refractivity contribution in [3.63, 3.8) is 0 Å². The summed E-state index contributed by atoms with van der Waals surface area (Å²) < 4.78 is 55.3. The number of amides is 6. The Balaban J connectivity index is 0.000000250.